The van der Waals surface area contributed by atoms with Gasteiger partial charge in [-0.05, 0) is 45.4 Å². The highest BCUT2D eigenvalue weighted by molar-refractivity contribution is 7.74. The summed E-state index contributed by atoms with van der Waals surface area (Å²) in [6.45, 7) is 9.22. The minimum Gasteiger partial charge on any atom is -0.286 e. The number of aromatic nitrogens is 2. The summed E-state index contributed by atoms with van der Waals surface area (Å²) >= 11 is 0.521. The first-order valence-corrected chi connectivity index (χ1v) is 11.7. The topological polar surface area (TPSA) is 105 Å². The Labute approximate surface area is 185 Å². The van der Waals surface area contributed by atoms with Crippen LogP contribution in [0.3, 0.4) is 0 Å². The third kappa shape index (κ3) is 4.44. The SMILES string of the molecule is CC(=O)N(c1sc(C)nc1C)[C@@](C)(c1ccc(NOS(=O)O)cc1)c1nc(C)cs1. The minimum atomic E-state index is -2.43. The molecule has 1 amide bonds. The van der Waals surface area contributed by atoms with E-state index in [0.29, 0.717) is 5.69 Å². The molecular formula is C19H22N4O4S3. The van der Waals surface area contributed by atoms with Crippen molar-refractivity contribution in [1.29, 1.82) is 0 Å². The van der Waals surface area contributed by atoms with Crippen molar-refractivity contribution in [3.63, 3.8) is 0 Å². The monoisotopic (exact) mass is 466 g/mol. The molecule has 0 radical (unpaired) electrons. The van der Waals surface area contributed by atoms with E-state index in [1.54, 1.807) is 17.0 Å². The molecule has 8 nitrogen and oxygen atoms in total. The van der Waals surface area contributed by atoms with Gasteiger partial charge in [0.25, 0.3) is 0 Å². The number of amides is 1. The maximum atomic E-state index is 12.9. The molecular weight excluding hydrogens is 444 g/mol. The van der Waals surface area contributed by atoms with Crippen molar-refractivity contribution in [2.24, 2.45) is 0 Å². The lowest BCUT2D eigenvalue weighted by molar-refractivity contribution is -0.117. The van der Waals surface area contributed by atoms with Gasteiger partial charge in [0.1, 0.15) is 15.5 Å². The summed E-state index contributed by atoms with van der Waals surface area (Å²) in [6.07, 6.45) is 0. The zero-order chi connectivity index (χ0) is 22.1. The Kier molecular flexibility index (Phi) is 6.68. The molecule has 2 atom stereocenters. The van der Waals surface area contributed by atoms with E-state index in [1.165, 1.54) is 29.6 Å². The van der Waals surface area contributed by atoms with Gasteiger partial charge in [-0.3, -0.25) is 14.2 Å². The van der Waals surface area contributed by atoms with Crippen molar-refractivity contribution < 1.29 is 17.8 Å². The van der Waals surface area contributed by atoms with E-state index in [1.807, 2.05) is 45.2 Å². The van der Waals surface area contributed by atoms with Crippen LogP contribution in [0, 0.1) is 20.8 Å². The van der Waals surface area contributed by atoms with Crippen LogP contribution < -0.4 is 10.4 Å². The van der Waals surface area contributed by atoms with Gasteiger partial charge in [0, 0.05) is 18.0 Å². The first-order valence-electron chi connectivity index (χ1n) is 8.95. The minimum absolute atomic E-state index is 0.127. The molecule has 30 heavy (non-hydrogen) atoms. The summed E-state index contributed by atoms with van der Waals surface area (Å²) in [5, 5.41) is 4.38. The Morgan fingerprint density at radius 1 is 1.23 bits per heavy atom. The molecule has 0 fully saturated rings. The van der Waals surface area contributed by atoms with Crippen molar-refractivity contribution in [3.8, 4) is 0 Å². The molecule has 2 aromatic heterocycles. The molecule has 0 saturated heterocycles. The Morgan fingerprint density at radius 3 is 2.37 bits per heavy atom. The highest BCUT2D eigenvalue weighted by atomic mass is 32.2. The molecule has 3 rings (SSSR count). The maximum Gasteiger partial charge on any atom is 0.324 e. The summed E-state index contributed by atoms with van der Waals surface area (Å²) < 4.78 is 24.0. The van der Waals surface area contributed by atoms with Crippen LogP contribution in [0.1, 0.15) is 40.8 Å². The maximum absolute atomic E-state index is 12.9. The number of thiazole rings is 2. The fourth-order valence-corrected chi connectivity index (χ4v) is 5.46. The smallest absolute Gasteiger partial charge is 0.286 e. The van der Waals surface area contributed by atoms with Crippen molar-refractivity contribution in [3.05, 3.63) is 56.6 Å². The molecule has 0 saturated carbocycles. The average Bonchev–Trinajstić information content (AvgIpc) is 3.25. The molecule has 0 aliphatic carbocycles. The summed E-state index contributed by atoms with van der Waals surface area (Å²) in [6, 6.07) is 7.10. The number of carbonyl (C=O) groups excluding carboxylic acids is 1. The van der Waals surface area contributed by atoms with Crippen LogP contribution in [0.5, 0.6) is 0 Å². The Hall–Kier alpha value is -2.18. The van der Waals surface area contributed by atoms with E-state index in [9.17, 15) is 9.00 Å². The predicted molar refractivity (Wildman–Crippen MR) is 120 cm³/mol. The van der Waals surface area contributed by atoms with Gasteiger partial charge in [-0.15, -0.1) is 27.0 Å². The second kappa shape index (κ2) is 8.90. The van der Waals surface area contributed by atoms with Crippen LogP contribution in [0.15, 0.2) is 29.6 Å². The van der Waals surface area contributed by atoms with E-state index in [4.69, 9.17) is 9.54 Å². The molecule has 0 spiro atoms. The van der Waals surface area contributed by atoms with Gasteiger partial charge < -0.3 is 0 Å². The number of anilines is 2. The number of rotatable bonds is 7. The van der Waals surface area contributed by atoms with Crippen LogP contribution in [-0.2, 0) is 26.0 Å². The number of nitrogens with zero attached hydrogens (tertiary/aromatic N) is 3. The molecule has 3 aromatic rings. The van der Waals surface area contributed by atoms with Crippen LogP contribution in [0.2, 0.25) is 0 Å². The number of benzene rings is 1. The molecule has 0 aliphatic heterocycles. The van der Waals surface area contributed by atoms with E-state index in [0.717, 1.165) is 32.0 Å². The van der Waals surface area contributed by atoms with Gasteiger partial charge in [-0.25, -0.2) is 15.4 Å². The van der Waals surface area contributed by atoms with Gasteiger partial charge in [0.15, 0.2) is 0 Å². The lowest BCUT2D eigenvalue weighted by atomic mass is 9.90. The largest absolute Gasteiger partial charge is 0.324 e. The van der Waals surface area contributed by atoms with E-state index >= 15 is 0 Å². The first-order chi connectivity index (χ1) is 14.1. The summed E-state index contributed by atoms with van der Waals surface area (Å²) in [5.74, 6) is -0.127. The quantitative estimate of drug-likeness (QED) is 0.395. The van der Waals surface area contributed by atoms with Gasteiger partial charge in [-0.2, -0.15) is 4.21 Å². The molecule has 1 unspecified atom stereocenters. The van der Waals surface area contributed by atoms with Crippen molar-refractivity contribution in [1.82, 2.24) is 9.97 Å². The standard InChI is InChI=1S/C19H22N4O4S3/c1-11-10-28-18(20-11)19(5,15-6-8-16(9-7-15)22-27-30(25)26)23(14(4)24)17-12(2)21-13(3)29-17/h6-10,22H,1-5H3,(H,25,26)/t19-/m0/s1. The molecule has 2 heterocycles. The molecule has 0 bridgehead atoms. The van der Waals surface area contributed by atoms with Crippen molar-refractivity contribution >= 4 is 50.6 Å². The molecule has 11 heteroatoms. The Balaban J connectivity index is 2.15. The summed E-state index contributed by atoms with van der Waals surface area (Å²) in [4.78, 5) is 23.9. The number of nitrogens with one attached hydrogen (secondary N) is 1. The second-order valence-electron chi connectivity index (χ2n) is 6.82. The number of hydrogen-bond acceptors (Lipinski definition) is 8. The highest BCUT2D eigenvalue weighted by Crippen LogP contribution is 2.43. The molecule has 0 aliphatic rings. The Bertz CT molecular complexity index is 1080. The summed E-state index contributed by atoms with van der Waals surface area (Å²) in [5.41, 5.74) is 4.51. The van der Waals surface area contributed by atoms with E-state index in [2.05, 4.69) is 14.7 Å². The first kappa shape index (κ1) is 22.5. The average molecular weight is 467 g/mol. The lowest BCUT2D eigenvalue weighted by Crippen LogP contribution is -2.48. The van der Waals surface area contributed by atoms with Gasteiger partial charge in [0.05, 0.1) is 16.4 Å². The fraction of sp³-hybridized carbons (Fsp3) is 0.316. The third-order valence-electron chi connectivity index (χ3n) is 4.56. The summed E-state index contributed by atoms with van der Waals surface area (Å²) in [7, 11) is 0. The highest BCUT2D eigenvalue weighted by Gasteiger charge is 2.42. The fourth-order valence-electron chi connectivity index (χ4n) is 3.26. The Morgan fingerprint density at radius 2 is 1.90 bits per heavy atom. The van der Waals surface area contributed by atoms with Gasteiger partial charge in [0.2, 0.25) is 5.91 Å². The van der Waals surface area contributed by atoms with Crippen LogP contribution in [0.4, 0.5) is 10.7 Å². The van der Waals surface area contributed by atoms with Crippen LogP contribution >= 0.6 is 22.7 Å². The van der Waals surface area contributed by atoms with Crippen LogP contribution in [-0.4, -0.2) is 24.6 Å². The lowest BCUT2D eigenvalue weighted by Gasteiger charge is -2.39. The van der Waals surface area contributed by atoms with Crippen molar-refractivity contribution in [2.75, 3.05) is 10.4 Å². The normalized spacial score (nSPS) is 14.2. The number of hydrogen-bond donors (Lipinski definition) is 2. The van der Waals surface area contributed by atoms with Crippen molar-refractivity contribution in [2.45, 2.75) is 40.2 Å². The molecule has 1 aromatic carbocycles. The van der Waals surface area contributed by atoms with Crippen LogP contribution in [0.25, 0.3) is 0 Å². The zero-order valence-corrected chi connectivity index (χ0v) is 19.6. The number of aryl methyl sites for hydroxylation is 3. The third-order valence-corrected chi connectivity index (χ3v) is 7.01. The predicted octanol–water partition coefficient (Wildman–Crippen LogP) is 4.32. The second-order valence-corrected chi connectivity index (χ2v) is 9.46. The van der Waals surface area contributed by atoms with Gasteiger partial charge in [-0.1, -0.05) is 12.1 Å². The number of carbonyl (C=O) groups is 1. The molecule has 160 valence electrons. The zero-order valence-electron chi connectivity index (χ0n) is 17.1. The van der Waals surface area contributed by atoms with Gasteiger partial charge >= 0.3 is 11.4 Å². The molecule has 2 N–H and O–H groups in total. The van der Waals surface area contributed by atoms with E-state index < -0.39 is 16.9 Å². The van der Waals surface area contributed by atoms with E-state index in [-0.39, 0.29) is 5.91 Å².